The summed E-state index contributed by atoms with van der Waals surface area (Å²) >= 11 is 0. The molecule has 0 amide bonds. The SMILES string of the molecule is CC(C#N)Nc1cc(-n2ncc3cc(C#N)c(N)nc32)ncc1-n1cc(C2CCC(CC=O)CC2)nn1. The van der Waals surface area contributed by atoms with E-state index in [9.17, 15) is 15.3 Å². The molecule has 12 heteroatoms. The van der Waals surface area contributed by atoms with E-state index in [0.29, 0.717) is 46.5 Å². The molecule has 0 bridgehead atoms. The van der Waals surface area contributed by atoms with Gasteiger partial charge in [0.2, 0.25) is 0 Å². The van der Waals surface area contributed by atoms with Gasteiger partial charge in [-0.05, 0) is 44.6 Å². The second-order valence-electron chi connectivity index (χ2n) is 9.26. The van der Waals surface area contributed by atoms with E-state index in [1.165, 1.54) is 4.68 Å². The highest BCUT2D eigenvalue weighted by atomic mass is 16.1. The molecule has 1 unspecified atom stereocenters. The molecular formula is C25H25N11O. The van der Waals surface area contributed by atoms with Gasteiger partial charge in [0, 0.05) is 23.8 Å². The number of hydrogen-bond donors (Lipinski definition) is 2. The Morgan fingerprint density at radius 1 is 1.24 bits per heavy atom. The van der Waals surface area contributed by atoms with E-state index in [4.69, 9.17) is 5.73 Å². The van der Waals surface area contributed by atoms with Crippen molar-refractivity contribution in [2.45, 2.75) is 51.0 Å². The zero-order chi connectivity index (χ0) is 25.9. The lowest BCUT2D eigenvalue weighted by Crippen LogP contribution is -2.16. The van der Waals surface area contributed by atoms with Crippen molar-refractivity contribution in [2.24, 2.45) is 5.92 Å². The lowest BCUT2D eigenvalue weighted by atomic mass is 9.79. The van der Waals surface area contributed by atoms with Gasteiger partial charge in [0.05, 0.1) is 41.6 Å². The van der Waals surface area contributed by atoms with Gasteiger partial charge in [-0.1, -0.05) is 5.21 Å². The molecule has 1 fully saturated rings. The Bertz CT molecular complexity index is 1530. The number of hydrogen-bond acceptors (Lipinski definition) is 10. The van der Waals surface area contributed by atoms with Gasteiger partial charge in [-0.15, -0.1) is 5.10 Å². The molecule has 0 aromatic carbocycles. The number of nitrogen functional groups attached to an aromatic ring is 1. The summed E-state index contributed by atoms with van der Waals surface area (Å²) in [6.07, 6.45) is 10.7. The molecule has 186 valence electrons. The summed E-state index contributed by atoms with van der Waals surface area (Å²) in [5.41, 5.74) is 8.82. The van der Waals surface area contributed by atoms with E-state index in [2.05, 4.69) is 36.8 Å². The largest absolute Gasteiger partial charge is 0.383 e. The second kappa shape index (κ2) is 10.0. The predicted octanol–water partition coefficient (Wildman–Crippen LogP) is 3.04. The lowest BCUT2D eigenvalue weighted by Gasteiger charge is -2.25. The van der Waals surface area contributed by atoms with Crippen LogP contribution < -0.4 is 11.1 Å². The van der Waals surface area contributed by atoms with E-state index in [1.54, 1.807) is 36.1 Å². The highest BCUT2D eigenvalue weighted by Gasteiger charge is 2.25. The number of carbonyl (C=O) groups is 1. The number of nitrogens with one attached hydrogen (secondary N) is 1. The minimum absolute atomic E-state index is 0.111. The van der Waals surface area contributed by atoms with Crippen molar-refractivity contribution in [3.05, 3.63) is 42.0 Å². The van der Waals surface area contributed by atoms with Crippen molar-refractivity contribution >= 4 is 28.8 Å². The molecule has 0 aliphatic heterocycles. The standard InChI is InChI=1S/C25H25N11O/c1-15(10-26)31-20-9-23(36-25-19(12-30-36)8-18(11-27)24(28)32-25)29-13-22(20)35-14-21(33-34-35)17-4-2-16(3-5-17)6-7-37/h7-9,12-17H,2-6H2,1H3,(H2,28,32)(H,29,31). The van der Waals surface area contributed by atoms with Crippen LogP contribution in [0.25, 0.3) is 22.5 Å². The molecule has 5 rings (SSSR count). The normalized spacial score (nSPS) is 18.1. The van der Waals surface area contributed by atoms with Gasteiger partial charge in [0.1, 0.15) is 29.9 Å². The summed E-state index contributed by atoms with van der Waals surface area (Å²) in [4.78, 5) is 19.7. The fourth-order valence-corrected chi connectivity index (χ4v) is 4.76. The molecule has 12 nitrogen and oxygen atoms in total. The minimum Gasteiger partial charge on any atom is -0.383 e. The van der Waals surface area contributed by atoms with Crippen LogP contribution in [0.4, 0.5) is 11.5 Å². The van der Waals surface area contributed by atoms with E-state index in [1.807, 2.05) is 12.3 Å². The van der Waals surface area contributed by atoms with Crippen LogP contribution in [0.3, 0.4) is 0 Å². The number of anilines is 2. The molecule has 1 aliphatic carbocycles. The molecule has 3 N–H and O–H groups in total. The average molecular weight is 496 g/mol. The first-order valence-electron chi connectivity index (χ1n) is 12.1. The maximum Gasteiger partial charge on any atom is 0.167 e. The Kier molecular flexibility index (Phi) is 6.47. The van der Waals surface area contributed by atoms with Gasteiger partial charge in [-0.2, -0.15) is 20.3 Å². The number of aromatic nitrogens is 7. The number of nitrogens with zero attached hydrogens (tertiary/aromatic N) is 9. The zero-order valence-corrected chi connectivity index (χ0v) is 20.2. The first-order chi connectivity index (χ1) is 18.0. The molecular weight excluding hydrogens is 470 g/mol. The Morgan fingerprint density at radius 2 is 2.05 bits per heavy atom. The van der Waals surface area contributed by atoms with Crippen LogP contribution in [0.15, 0.2) is 30.7 Å². The molecule has 4 aromatic heterocycles. The molecule has 0 radical (unpaired) electrons. The maximum atomic E-state index is 10.8. The van der Waals surface area contributed by atoms with Crippen molar-refractivity contribution in [2.75, 3.05) is 11.1 Å². The highest BCUT2D eigenvalue weighted by molar-refractivity contribution is 5.80. The molecule has 1 atom stereocenters. The second-order valence-corrected chi connectivity index (χ2v) is 9.26. The summed E-state index contributed by atoms with van der Waals surface area (Å²) in [6, 6.07) is 7.12. The Hall–Kier alpha value is -4.84. The number of nitrogens with two attached hydrogens (primary N) is 1. The summed E-state index contributed by atoms with van der Waals surface area (Å²) < 4.78 is 3.19. The molecule has 4 aromatic rings. The van der Waals surface area contributed by atoms with Crippen molar-refractivity contribution in [1.29, 1.82) is 10.5 Å². The third kappa shape index (κ3) is 4.69. The predicted molar refractivity (Wildman–Crippen MR) is 135 cm³/mol. The minimum atomic E-state index is -0.480. The van der Waals surface area contributed by atoms with Gasteiger partial charge in [-0.25, -0.2) is 14.6 Å². The van der Waals surface area contributed by atoms with E-state index in [0.717, 1.165) is 37.7 Å². The quantitative estimate of drug-likeness (QED) is 0.362. The summed E-state index contributed by atoms with van der Waals surface area (Å²) in [7, 11) is 0. The lowest BCUT2D eigenvalue weighted by molar-refractivity contribution is -0.108. The van der Waals surface area contributed by atoms with Crippen LogP contribution >= 0.6 is 0 Å². The van der Waals surface area contributed by atoms with Crippen molar-refractivity contribution in [1.82, 2.24) is 34.7 Å². The summed E-state index contributed by atoms with van der Waals surface area (Å²) in [5.74, 6) is 1.32. The van der Waals surface area contributed by atoms with Gasteiger partial charge >= 0.3 is 0 Å². The van der Waals surface area contributed by atoms with Crippen LogP contribution in [-0.4, -0.2) is 47.1 Å². The number of nitriles is 2. The zero-order valence-electron chi connectivity index (χ0n) is 20.2. The molecule has 0 spiro atoms. The van der Waals surface area contributed by atoms with Crippen molar-refractivity contribution < 1.29 is 4.79 Å². The first kappa shape index (κ1) is 23.9. The van der Waals surface area contributed by atoms with E-state index in [-0.39, 0.29) is 11.4 Å². The topological polar surface area (TPSA) is 177 Å². The number of carbonyl (C=O) groups excluding carboxylic acids is 1. The van der Waals surface area contributed by atoms with Crippen LogP contribution in [0.5, 0.6) is 0 Å². The van der Waals surface area contributed by atoms with E-state index >= 15 is 0 Å². The third-order valence-electron chi connectivity index (χ3n) is 6.80. The van der Waals surface area contributed by atoms with Crippen LogP contribution in [0.1, 0.15) is 56.2 Å². The summed E-state index contributed by atoms with van der Waals surface area (Å²) in [6.45, 7) is 1.75. The molecule has 0 saturated heterocycles. The highest BCUT2D eigenvalue weighted by Crippen LogP contribution is 2.36. The molecule has 37 heavy (non-hydrogen) atoms. The third-order valence-corrected chi connectivity index (χ3v) is 6.80. The molecule has 4 heterocycles. The van der Waals surface area contributed by atoms with Gasteiger partial charge in [0.15, 0.2) is 11.5 Å². The van der Waals surface area contributed by atoms with Gasteiger partial charge < -0.3 is 15.8 Å². The first-order valence-corrected chi connectivity index (χ1v) is 12.1. The van der Waals surface area contributed by atoms with Crippen molar-refractivity contribution in [3.63, 3.8) is 0 Å². The maximum absolute atomic E-state index is 10.8. The monoisotopic (exact) mass is 495 g/mol. The van der Waals surface area contributed by atoms with Gasteiger partial charge in [0.25, 0.3) is 0 Å². The fraction of sp³-hybridized carbons (Fsp3) is 0.360. The Balaban J connectivity index is 1.48. The van der Waals surface area contributed by atoms with Gasteiger partial charge in [-0.3, -0.25) is 0 Å². The Morgan fingerprint density at radius 3 is 2.78 bits per heavy atom. The summed E-state index contributed by atoms with van der Waals surface area (Å²) in [5, 5.41) is 35.7. The van der Waals surface area contributed by atoms with Crippen LogP contribution in [0.2, 0.25) is 0 Å². The van der Waals surface area contributed by atoms with Crippen LogP contribution in [0, 0.1) is 28.6 Å². The number of rotatable bonds is 7. The number of aldehydes is 1. The van der Waals surface area contributed by atoms with Crippen LogP contribution in [-0.2, 0) is 4.79 Å². The average Bonchev–Trinajstić information content (AvgIpc) is 3.56. The number of pyridine rings is 2. The molecule has 1 saturated carbocycles. The molecule has 1 aliphatic rings. The number of fused-ring (bicyclic) bond motifs is 1. The van der Waals surface area contributed by atoms with E-state index < -0.39 is 6.04 Å². The fourth-order valence-electron chi connectivity index (χ4n) is 4.76. The Labute approximate surface area is 212 Å². The van der Waals surface area contributed by atoms with Crippen molar-refractivity contribution in [3.8, 4) is 23.6 Å². The smallest absolute Gasteiger partial charge is 0.167 e.